The first-order valence-electron chi connectivity index (χ1n) is 9.74. The highest BCUT2D eigenvalue weighted by Gasteiger charge is 2.42. The van der Waals surface area contributed by atoms with Crippen molar-refractivity contribution in [3.8, 4) is 0 Å². The lowest BCUT2D eigenvalue weighted by Gasteiger charge is -2.28. The maximum absolute atomic E-state index is 13.7. The van der Waals surface area contributed by atoms with Crippen molar-refractivity contribution in [2.45, 2.75) is 56.1 Å². The average molecular weight is 498 g/mol. The largest absolute Gasteiger partial charge is 0.420 e. The zero-order valence-corrected chi connectivity index (χ0v) is 18.0. The molecule has 0 atom stereocenters. The van der Waals surface area contributed by atoms with E-state index in [1.165, 1.54) is 0 Å². The quantitative estimate of drug-likeness (QED) is 0.606. The van der Waals surface area contributed by atoms with Gasteiger partial charge in [-0.25, -0.2) is 26.7 Å². The second-order valence-electron chi connectivity index (χ2n) is 7.93. The molecule has 182 valence electrons. The van der Waals surface area contributed by atoms with Crippen molar-refractivity contribution >= 4 is 21.6 Å². The molecule has 7 nitrogen and oxygen atoms in total. The number of primary sulfonamides is 1. The van der Waals surface area contributed by atoms with Crippen LogP contribution in [0.15, 0.2) is 23.1 Å². The number of amides is 1. The van der Waals surface area contributed by atoms with Gasteiger partial charge in [0, 0.05) is 25.1 Å². The SMILES string of the molecule is Cc1nn(CC2CCC(F)(F)CC2)c(C(=O)Nc2ccc(F)c(S(N)(=O)=O)c2)c1C(F)(F)F. The Kier molecular flexibility index (Phi) is 6.54. The summed E-state index contributed by atoms with van der Waals surface area (Å²) in [7, 11) is -4.51. The number of nitrogens with two attached hydrogens (primary N) is 1. The predicted octanol–water partition coefficient (Wildman–Crippen LogP) is 4.07. The normalized spacial score (nSPS) is 17.2. The topological polar surface area (TPSA) is 107 Å². The minimum absolute atomic E-state index is 0.0456. The third-order valence-electron chi connectivity index (χ3n) is 5.39. The van der Waals surface area contributed by atoms with Gasteiger partial charge >= 0.3 is 6.18 Å². The Hall–Kier alpha value is -2.61. The van der Waals surface area contributed by atoms with Gasteiger partial charge in [-0.05, 0) is 43.9 Å². The van der Waals surface area contributed by atoms with Crippen molar-refractivity contribution in [1.29, 1.82) is 0 Å². The number of carbonyl (C=O) groups excluding carboxylic acids is 1. The number of benzene rings is 1. The van der Waals surface area contributed by atoms with Crippen LogP contribution in [0.4, 0.5) is 32.0 Å². The molecule has 1 aliphatic rings. The van der Waals surface area contributed by atoms with E-state index in [1.54, 1.807) is 0 Å². The maximum atomic E-state index is 13.7. The molecule has 1 amide bonds. The van der Waals surface area contributed by atoms with Crippen LogP contribution in [-0.4, -0.2) is 30.0 Å². The fourth-order valence-electron chi connectivity index (χ4n) is 3.80. The highest BCUT2D eigenvalue weighted by molar-refractivity contribution is 7.89. The smallest absolute Gasteiger partial charge is 0.321 e. The van der Waals surface area contributed by atoms with Crippen molar-refractivity contribution < 1.29 is 39.6 Å². The molecule has 1 saturated carbocycles. The van der Waals surface area contributed by atoms with Crippen LogP contribution in [0.25, 0.3) is 0 Å². The molecule has 0 spiro atoms. The molecule has 1 aliphatic carbocycles. The molecule has 3 rings (SSSR count). The highest BCUT2D eigenvalue weighted by atomic mass is 32.2. The first kappa shape index (κ1) is 25.0. The lowest BCUT2D eigenvalue weighted by atomic mass is 9.87. The average Bonchev–Trinajstić information content (AvgIpc) is 3.00. The molecular weight excluding hydrogens is 478 g/mol. The van der Waals surface area contributed by atoms with Gasteiger partial charge in [-0.2, -0.15) is 18.3 Å². The van der Waals surface area contributed by atoms with Gasteiger partial charge in [0.1, 0.15) is 22.0 Å². The molecule has 1 heterocycles. The summed E-state index contributed by atoms with van der Waals surface area (Å²) < 4.78 is 105. The van der Waals surface area contributed by atoms with Gasteiger partial charge in [0.15, 0.2) is 0 Å². The standard InChI is InChI=1S/C19H20F6N4O3S/c1-10-15(19(23,24)25)16(29(28-10)9-11-4-6-18(21,22)7-5-11)17(30)27-12-2-3-13(20)14(8-12)33(26,31)32/h2-3,8,11H,4-7,9H2,1H3,(H,27,30)(H2,26,31,32). The summed E-state index contributed by atoms with van der Waals surface area (Å²) in [5.41, 5.74) is -2.98. The second-order valence-corrected chi connectivity index (χ2v) is 9.46. The molecule has 0 aliphatic heterocycles. The minimum Gasteiger partial charge on any atom is -0.321 e. The molecule has 33 heavy (non-hydrogen) atoms. The third kappa shape index (κ3) is 5.66. The summed E-state index contributed by atoms with van der Waals surface area (Å²) in [4.78, 5) is 11.9. The van der Waals surface area contributed by atoms with Crippen LogP contribution < -0.4 is 10.5 Å². The van der Waals surface area contributed by atoms with Crippen molar-refractivity contribution in [1.82, 2.24) is 9.78 Å². The summed E-state index contributed by atoms with van der Waals surface area (Å²) in [5, 5.41) is 10.8. The monoisotopic (exact) mass is 498 g/mol. The molecule has 2 aromatic rings. The van der Waals surface area contributed by atoms with Crippen LogP contribution in [0.5, 0.6) is 0 Å². The summed E-state index contributed by atoms with van der Waals surface area (Å²) in [6.07, 6.45) is -5.70. The molecule has 3 N–H and O–H groups in total. The van der Waals surface area contributed by atoms with Gasteiger partial charge in [0.05, 0.1) is 5.69 Å². The van der Waals surface area contributed by atoms with E-state index in [2.05, 4.69) is 10.4 Å². The lowest BCUT2D eigenvalue weighted by molar-refractivity contribution is -0.138. The number of carbonyl (C=O) groups is 1. The first-order chi connectivity index (χ1) is 15.1. The molecule has 0 unspecified atom stereocenters. The van der Waals surface area contributed by atoms with Crippen molar-refractivity contribution in [3.63, 3.8) is 0 Å². The number of anilines is 1. The molecule has 1 aromatic carbocycles. The van der Waals surface area contributed by atoms with Crippen LogP contribution in [0.3, 0.4) is 0 Å². The van der Waals surface area contributed by atoms with Crippen LogP contribution in [0.1, 0.15) is 47.4 Å². The Balaban J connectivity index is 1.96. The number of nitrogens with one attached hydrogen (secondary N) is 1. The van der Waals surface area contributed by atoms with Crippen LogP contribution in [-0.2, 0) is 22.7 Å². The number of hydrogen-bond acceptors (Lipinski definition) is 4. The lowest BCUT2D eigenvalue weighted by Crippen LogP contribution is -2.29. The number of alkyl halides is 5. The van der Waals surface area contributed by atoms with Gasteiger partial charge in [0.2, 0.25) is 15.9 Å². The molecule has 14 heteroatoms. The molecule has 1 aromatic heterocycles. The minimum atomic E-state index is -4.96. The Labute approximate surface area is 185 Å². The van der Waals surface area contributed by atoms with E-state index in [-0.39, 0.29) is 25.1 Å². The first-order valence-corrected chi connectivity index (χ1v) is 11.3. The fourth-order valence-corrected chi connectivity index (χ4v) is 4.43. The van der Waals surface area contributed by atoms with Crippen LogP contribution >= 0.6 is 0 Å². The van der Waals surface area contributed by atoms with E-state index in [1.807, 2.05) is 0 Å². The molecule has 0 saturated heterocycles. The van der Waals surface area contributed by atoms with E-state index in [0.717, 1.165) is 17.7 Å². The van der Waals surface area contributed by atoms with Gasteiger partial charge in [0.25, 0.3) is 5.91 Å². The van der Waals surface area contributed by atoms with Crippen molar-refractivity contribution in [3.05, 3.63) is 41.0 Å². The predicted molar refractivity (Wildman–Crippen MR) is 105 cm³/mol. The Morgan fingerprint density at radius 2 is 1.88 bits per heavy atom. The Bertz CT molecular complexity index is 1170. The zero-order valence-electron chi connectivity index (χ0n) is 17.2. The number of rotatable bonds is 5. The van der Waals surface area contributed by atoms with Gasteiger partial charge in [-0.1, -0.05) is 0 Å². The molecule has 0 radical (unpaired) electrons. The fraction of sp³-hybridized carbons (Fsp3) is 0.474. The van der Waals surface area contributed by atoms with E-state index >= 15 is 0 Å². The summed E-state index contributed by atoms with van der Waals surface area (Å²) in [5.74, 6) is -5.74. The van der Waals surface area contributed by atoms with Crippen LogP contribution in [0.2, 0.25) is 0 Å². The third-order valence-corrected chi connectivity index (χ3v) is 6.32. The highest BCUT2D eigenvalue weighted by Crippen LogP contribution is 2.39. The number of sulfonamides is 1. The number of aromatic nitrogens is 2. The Morgan fingerprint density at radius 3 is 2.42 bits per heavy atom. The maximum Gasteiger partial charge on any atom is 0.420 e. The second kappa shape index (κ2) is 8.63. The summed E-state index contributed by atoms with van der Waals surface area (Å²) in [6.45, 7) is 0.865. The number of nitrogens with zero attached hydrogens (tertiary/aromatic N) is 2. The van der Waals surface area contributed by atoms with Gasteiger partial charge in [-0.3, -0.25) is 9.48 Å². The zero-order chi connectivity index (χ0) is 24.8. The summed E-state index contributed by atoms with van der Waals surface area (Å²) >= 11 is 0. The van der Waals surface area contributed by atoms with Crippen LogP contribution in [0, 0.1) is 18.7 Å². The van der Waals surface area contributed by atoms with Crippen molar-refractivity contribution in [2.75, 3.05) is 5.32 Å². The molecular formula is C19H20F6N4O3S. The number of hydrogen-bond donors (Lipinski definition) is 2. The van der Waals surface area contributed by atoms with Crippen molar-refractivity contribution in [2.24, 2.45) is 11.1 Å². The van der Waals surface area contributed by atoms with E-state index in [9.17, 15) is 39.6 Å². The number of halogens is 6. The van der Waals surface area contributed by atoms with Gasteiger partial charge in [-0.15, -0.1) is 0 Å². The van der Waals surface area contributed by atoms with E-state index in [0.29, 0.717) is 12.1 Å². The molecule has 1 fully saturated rings. The van der Waals surface area contributed by atoms with Gasteiger partial charge < -0.3 is 5.32 Å². The van der Waals surface area contributed by atoms with E-state index < -0.39 is 74.5 Å². The van der Waals surface area contributed by atoms with E-state index in [4.69, 9.17) is 5.14 Å². The number of aryl methyl sites for hydroxylation is 1. The molecule has 0 bridgehead atoms. The Morgan fingerprint density at radius 1 is 1.27 bits per heavy atom. The summed E-state index contributed by atoms with van der Waals surface area (Å²) in [6, 6.07) is 2.31.